The Labute approximate surface area is 225 Å². The number of nitrogens with zero attached hydrogens (tertiary/aromatic N) is 1. The van der Waals surface area contributed by atoms with Crippen molar-refractivity contribution in [1.29, 1.82) is 0 Å². The van der Waals surface area contributed by atoms with E-state index < -0.39 is 42.2 Å². The van der Waals surface area contributed by atoms with Crippen LogP contribution in [0.15, 0.2) is 54.6 Å². The summed E-state index contributed by atoms with van der Waals surface area (Å²) in [6.45, 7) is 6.99. The third kappa shape index (κ3) is 9.70. The fourth-order valence-electron chi connectivity index (χ4n) is 4.03. The normalized spacial score (nSPS) is 12.8. The highest BCUT2D eigenvalue weighted by Crippen LogP contribution is 2.30. The molecule has 0 aliphatic carbocycles. The molecule has 9 heteroatoms. The SMILES string of the molecule is CCCCCNC(=O)C(c1ccccc1O)N(CCO)C(=O)C(Cc1ccccc1)NC(=O)OC(C)(C)C. The van der Waals surface area contributed by atoms with Gasteiger partial charge in [0.05, 0.1) is 6.61 Å². The number of unbranched alkanes of at least 4 members (excludes halogenated alkanes) is 2. The Hall–Kier alpha value is -3.59. The molecule has 0 fully saturated rings. The number of hydrogen-bond acceptors (Lipinski definition) is 6. The lowest BCUT2D eigenvalue weighted by Gasteiger charge is -2.34. The van der Waals surface area contributed by atoms with Gasteiger partial charge in [-0.25, -0.2) is 4.79 Å². The first kappa shape index (κ1) is 30.6. The number of phenolic OH excluding ortho intramolecular Hbond substituents is 1. The summed E-state index contributed by atoms with van der Waals surface area (Å²) in [6, 6.07) is 13.1. The van der Waals surface area contributed by atoms with Crippen LogP contribution in [0.2, 0.25) is 0 Å². The predicted molar refractivity (Wildman–Crippen MR) is 145 cm³/mol. The maximum Gasteiger partial charge on any atom is 0.408 e. The second kappa shape index (κ2) is 15.0. The van der Waals surface area contributed by atoms with Crippen molar-refractivity contribution in [2.45, 2.75) is 71.1 Å². The number of amides is 3. The molecular formula is C29H41N3O6. The Morgan fingerprint density at radius 2 is 1.66 bits per heavy atom. The molecule has 2 unspecified atom stereocenters. The molecular weight excluding hydrogens is 486 g/mol. The van der Waals surface area contributed by atoms with Crippen LogP contribution >= 0.6 is 0 Å². The lowest BCUT2D eigenvalue weighted by molar-refractivity contribution is -0.143. The van der Waals surface area contributed by atoms with Crippen molar-refractivity contribution in [3.8, 4) is 5.75 Å². The van der Waals surface area contributed by atoms with E-state index in [-0.39, 0.29) is 24.3 Å². The number of nitrogens with one attached hydrogen (secondary N) is 2. The van der Waals surface area contributed by atoms with E-state index in [0.29, 0.717) is 6.54 Å². The molecule has 2 atom stereocenters. The van der Waals surface area contributed by atoms with E-state index in [4.69, 9.17) is 4.74 Å². The number of benzene rings is 2. The Morgan fingerprint density at radius 1 is 1.00 bits per heavy atom. The molecule has 2 aromatic carbocycles. The van der Waals surface area contributed by atoms with Crippen LogP contribution in [-0.4, -0.2) is 64.4 Å². The molecule has 0 aromatic heterocycles. The average molecular weight is 528 g/mol. The molecule has 2 rings (SSSR count). The minimum atomic E-state index is -1.23. The van der Waals surface area contributed by atoms with Crippen molar-refractivity contribution in [1.82, 2.24) is 15.5 Å². The van der Waals surface area contributed by atoms with Crippen LogP contribution in [0.1, 0.15) is 64.1 Å². The molecule has 0 bridgehead atoms. The number of rotatable bonds is 13. The number of carbonyl (C=O) groups excluding carboxylic acids is 3. The van der Waals surface area contributed by atoms with Crippen LogP contribution in [0.5, 0.6) is 5.75 Å². The lowest BCUT2D eigenvalue weighted by Crippen LogP contribution is -2.54. The molecule has 0 heterocycles. The summed E-state index contributed by atoms with van der Waals surface area (Å²) >= 11 is 0. The quantitative estimate of drug-likeness (QED) is 0.294. The van der Waals surface area contributed by atoms with Crippen LogP contribution in [0, 0.1) is 0 Å². The molecule has 0 saturated carbocycles. The maximum absolute atomic E-state index is 14.0. The van der Waals surface area contributed by atoms with Crippen LogP contribution < -0.4 is 10.6 Å². The van der Waals surface area contributed by atoms with Crippen molar-refractivity contribution in [2.75, 3.05) is 19.7 Å². The van der Waals surface area contributed by atoms with Gasteiger partial charge in [0.25, 0.3) is 0 Å². The number of para-hydroxylation sites is 1. The summed E-state index contributed by atoms with van der Waals surface area (Å²) in [6.07, 6.45) is 2.02. The van der Waals surface area contributed by atoms with Crippen molar-refractivity contribution in [3.63, 3.8) is 0 Å². The fraction of sp³-hybridized carbons (Fsp3) is 0.483. The van der Waals surface area contributed by atoms with E-state index in [2.05, 4.69) is 17.6 Å². The number of carbonyl (C=O) groups is 3. The number of aliphatic hydroxyl groups excluding tert-OH is 1. The summed E-state index contributed by atoms with van der Waals surface area (Å²) in [7, 11) is 0. The van der Waals surface area contributed by atoms with Gasteiger partial charge in [-0.05, 0) is 38.8 Å². The van der Waals surface area contributed by atoms with Crippen molar-refractivity contribution in [3.05, 3.63) is 65.7 Å². The number of alkyl carbamates (subject to hydrolysis) is 1. The Morgan fingerprint density at radius 3 is 2.26 bits per heavy atom. The van der Waals surface area contributed by atoms with Crippen LogP contribution in [0.4, 0.5) is 4.79 Å². The Bertz CT molecular complexity index is 1040. The molecule has 38 heavy (non-hydrogen) atoms. The fourth-order valence-corrected chi connectivity index (χ4v) is 4.03. The van der Waals surface area contributed by atoms with Gasteiger partial charge in [-0.2, -0.15) is 0 Å². The van der Waals surface area contributed by atoms with Gasteiger partial charge < -0.3 is 30.5 Å². The Balaban J connectivity index is 2.46. The molecule has 9 nitrogen and oxygen atoms in total. The van der Waals surface area contributed by atoms with Gasteiger partial charge in [0, 0.05) is 25.1 Å². The van der Waals surface area contributed by atoms with Crippen LogP contribution in [-0.2, 0) is 20.7 Å². The van der Waals surface area contributed by atoms with Gasteiger partial charge >= 0.3 is 6.09 Å². The summed E-state index contributed by atoms with van der Waals surface area (Å²) < 4.78 is 5.39. The minimum absolute atomic E-state index is 0.131. The van der Waals surface area contributed by atoms with Gasteiger partial charge in [-0.3, -0.25) is 9.59 Å². The molecule has 2 aromatic rings. The highest BCUT2D eigenvalue weighted by molar-refractivity contribution is 5.92. The summed E-state index contributed by atoms with van der Waals surface area (Å²) in [5, 5.41) is 26.0. The smallest absolute Gasteiger partial charge is 0.408 e. The number of hydrogen-bond donors (Lipinski definition) is 4. The highest BCUT2D eigenvalue weighted by atomic mass is 16.6. The van der Waals surface area contributed by atoms with Crippen molar-refractivity contribution < 1.29 is 29.3 Å². The maximum atomic E-state index is 14.0. The lowest BCUT2D eigenvalue weighted by atomic mass is 9.99. The number of ether oxygens (including phenoxy) is 1. The first-order valence-electron chi connectivity index (χ1n) is 13.1. The third-order valence-corrected chi connectivity index (χ3v) is 5.77. The van der Waals surface area contributed by atoms with Gasteiger partial charge in [0.1, 0.15) is 23.4 Å². The van der Waals surface area contributed by atoms with Crippen molar-refractivity contribution in [2.24, 2.45) is 0 Å². The van der Waals surface area contributed by atoms with Gasteiger partial charge in [-0.15, -0.1) is 0 Å². The highest BCUT2D eigenvalue weighted by Gasteiger charge is 2.37. The zero-order valence-electron chi connectivity index (χ0n) is 22.8. The average Bonchev–Trinajstić information content (AvgIpc) is 2.86. The molecule has 0 aliphatic rings. The van der Waals surface area contributed by atoms with Crippen molar-refractivity contribution >= 4 is 17.9 Å². The van der Waals surface area contributed by atoms with E-state index in [1.54, 1.807) is 39.0 Å². The predicted octanol–water partition coefficient (Wildman–Crippen LogP) is 3.70. The van der Waals surface area contributed by atoms with E-state index in [1.165, 1.54) is 11.0 Å². The second-order valence-electron chi connectivity index (χ2n) is 10.1. The third-order valence-electron chi connectivity index (χ3n) is 5.77. The largest absolute Gasteiger partial charge is 0.508 e. The van der Waals surface area contributed by atoms with E-state index in [0.717, 1.165) is 24.8 Å². The number of aromatic hydroxyl groups is 1. The van der Waals surface area contributed by atoms with E-state index in [9.17, 15) is 24.6 Å². The standard InChI is InChI=1S/C29H41N3O6/c1-5-6-12-17-30-26(35)25(22-15-10-11-16-24(22)34)32(18-19-33)27(36)23(20-21-13-8-7-9-14-21)31-28(37)38-29(2,3)4/h7-11,13-16,23,25,33-34H,5-6,12,17-20H2,1-4H3,(H,30,35)(H,31,37). The monoisotopic (exact) mass is 527 g/mol. The first-order valence-corrected chi connectivity index (χ1v) is 13.1. The molecule has 3 amide bonds. The zero-order valence-corrected chi connectivity index (χ0v) is 22.8. The molecule has 208 valence electrons. The van der Waals surface area contributed by atoms with E-state index >= 15 is 0 Å². The molecule has 0 aliphatic heterocycles. The first-order chi connectivity index (χ1) is 18.1. The minimum Gasteiger partial charge on any atom is -0.508 e. The zero-order chi connectivity index (χ0) is 28.1. The topological polar surface area (TPSA) is 128 Å². The summed E-state index contributed by atoms with van der Waals surface area (Å²) in [5.41, 5.74) is 0.221. The molecule has 0 saturated heterocycles. The van der Waals surface area contributed by atoms with Gasteiger partial charge in [0.15, 0.2) is 0 Å². The number of aliphatic hydroxyl groups is 1. The number of phenols is 1. The summed E-state index contributed by atoms with van der Waals surface area (Å²) in [5.74, 6) is -1.23. The van der Waals surface area contributed by atoms with Crippen LogP contribution in [0.25, 0.3) is 0 Å². The van der Waals surface area contributed by atoms with E-state index in [1.807, 2.05) is 30.3 Å². The van der Waals surface area contributed by atoms with Crippen LogP contribution in [0.3, 0.4) is 0 Å². The van der Waals surface area contributed by atoms with Gasteiger partial charge in [0.2, 0.25) is 11.8 Å². The molecule has 0 radical (unpaired) electrons. The summed E-state index contributed by atoms with van der Waals surface area (Å²) in [4.78, 5) is 41.4. The van der Waals surface area contributed by atoms with Gasteiger partial charge in [-0.1, -0.05) is 68.3 Å². The molecule has 4 N–H and O–H groups in total. The Kier molecular flexibility index (Phi) is 12.1. The second-order valence-corrected chi connectivity index (χ2v) is 10.1. The molecule has 0 spiro atoms.